The van der Waals surface area contributed by atoms with E-state index < -0.39 is 0 Å². The van der Waals surface area contributed by atoms with Crippen molar-refractivity contribution < 1.29 is 14.3 Å². The molecule has 30 heavy (non-hydrogen) atoms. The van der Waals surface area contributed by atoms with Crippen LogP contribution in [-0.4, -0.2) is 49.0 Å². The van der Waals surface area contributed by atoms with E-state index in [9.17, 15) is 9.59 Å². The van der Waals surface area contributed by atoms with E-state index in [1.807, 2.05) is 52.0 Å². The second kappa shape index (κ2) is 12.2. The summed E-state index contributed by atoms with van der Waals surface area (Å²) in [5.41, 5.74) is 1.81. The smallest absolute Gasteiger partial charge is 0.310 e. The van der Waals surface area contributed by atoms with Gasteiger partial charge in [0, 0.05) is 31.2 Å². The molecule has 1 aromatic carbocycles. The molecule has 1 aliphatic rings. The predicted octanol–water partition coefficient (Wildman–Crippen LogP) is 3.41. The highest BCUT2D eigenvalue weighted by atomic mass is 16.5. The number of nitrogens with zero attached hydrogens (tertiary/aromatic N) is 2. The first-order valence-electron chi connectivity index (χ1n) is 11.1. The van der Waals surface area contributed by atoms with Crippen LogP contribution in [0.3, 0.4) is 0 Å². The van der Waals surface area contributed by atoms with Crippen LogP contribution in [0.15, 0.2) is 29.3 Å². The number of likely N-dealkylation sites (tertiary alicyclic amines) is 1. The molecule has 1 aliphatic heterocycles. The van der Waals surface area contributed by atoms with Gasteiger partial charge in [-0.1, -0.05) is 26.0 Å². The summed E-state index contributed by atoms with van der Waals surface area (Å²) in [4.78, 5) is 31.2. The van der Waals surface area contributed by atoms with E-state index in [0.29, 0.717) is 19.7 Å². The minimum absolute atomic E-state index is 0.0153. The SMILES string of the molecule is CCNC(=NCc1cccc(NC(=O)C(C)CC)c1)N1CCCC(C(=O)OCC)C1. The molecule has 0 aromatic heterocycles. The van der Waals surface area contributed by atoms with Gasteiger partial charge >= 0.3 is 5.97 Å². The second-order valence-corrected chi connectivity index (χ2v) is 7.71. The predicted molar refractivity (Wildman–Crippen MR) is 120 cm³/mol. The quantitative estimate of drug-likeness (QED) is 0.385. The number of esters is 1. The van der Waals surface area contributed by atoms with Gasteiger partial charge in [-0.3, -0.25) is 9.59 Å². The van der Waals surface area contributed by atoms with Gasteiger partial charge < -0.3 is 20.3 Å². The number of amides is 1. The van der Waals surface area contributed by atoms with Gasteiger partial charge in [0.2, 0.25) is 5.91 Å². The van der Waals surface area contributed by atoms with Crippen LogP contribution < -0.4 is 10.6 Å². The molecule has 0 aliphatic carbocycles. The van der Waals surface area contributed by atoms with Crippen LogP contribution in [0.25, 0.3) is 0 Å². The van der Waals surface area contributed by atoms with Crippen molar-refractivity contribution in [2.24, 2.45) is 16.8 Å². The number of rotatable bonds is 8. The maximum absolute atomic E-state index is 12.2. The highest BCUT2D eigenvalue weighted by Gasteiger charge is 2.28. The standard InChI is InChI=1S/C23H36N4O3/c1-5-17(4)21(28)26-20-12-8-10-18(14-20)15-25-23(24-6-2)27-13-9-11-19(16-27)22(29)30-7-3/h8,10,12,14,17,19H,5-7,9,11,13,15-16H2,1-4H3,(H,24,25)(H,26,28). The summed E-state index contributed by atoms with van der Waals surface area (Å²) in [5.74, 6) is 0.591. The maximum Gasteiger partial charge on any atom is 0.310 e. The van der Waals surface area contributed by atoms with Crippen LogP contribution in [0.1, 0.15) is 52.5 Å². The Morgan fingerprint density at radius 1 is 1.30 bits per heavy atom. The van der Waals surface area contributed by atoms with E-state index >= 15 is 0 Å². The summed E-state index contributed by atoms with van der Waals surface area (Å²) in [6.45, 7) is 11.0. The van der Waals surface area contributed by atoms with Crippen LogP contribution >= 0.6 is 0 Å². The molecule has 2 atom stereocenters. The van der Waals surface area contributed by atoms with E-state index in [-0.39, 0.29) is 23.7 Å². The van der Waals surface area contributed by atoms with Gasteiger partial charge in [0.05, 0.1) is 19.1 Å². The monoisotopic (exact) mass is 416 g/mol. The minimum atomic E-state index is -0.122. The highest BCUT2D eigenvalue weighted by Crippen LogP contribution is 2.19. The van der Waals surface area contributed by atoms with Crippen LogP contribution in [0.2, 0.25) is 0 Å². The van der Waals surface area contributed by atoms with Crippen molar-refractivity contribution in [3.05, 3.63) is 29.8 Å². The number of nitrogens with one attached hydrogen (secondary N) is 2. The van der Waals surface area contributed by atoms with Crippen molar-refractivity contribution in [2.45, 2.75) is 53.5 Å². The number of benzene rings is 1. The zero-order chi connectivity index (χ0) is 21.9. The van der Waals surface area contributed by atoms with Gasteiger partial charge in [-0.15, -0.1) is 0 Å². The Labute approximate surface area is 180 Å². The Morgan fingerprint density at radius 3 is 2.80 bits per heavy atom. The molecule has 0 saturated carbocycles. The third kappa shape index (κ3) is 7.04. The summed E-state index contributed by atoms with van der Waals surface area (Å²) < 4.78 is 5.21. The normalized spacial score (nSPS) is 17.9. The third-order valence-corrected chi connectivity index (χ3v) is 5.34. The molecule has 1 fully saturated rings. The third-order valence-electron chi connectivity index (χ3n) is 5.34. The summed E-state index contributed by atoms with van der Waals surface area (Å²) in [6.07, 6.45) is 2.60. The first-order valence-corrected chi connectivity index (χ1v) is 11.1. The lowest BCUT2D eigenvalue weighted by Gasteiger charge is -2.34. The zero-order valence-electron chi connectivity index (χ0n) is 18.7. The summed E-state index contributed by atoms with van der Waals surface area (Å²) in [6, 6.07) is 7.80. The van der Waals surface area contributed by atoms with E-state index in [1.54, 1.807) is 0 Å². The van der Waals surface area contributed by atoms with Gasteiger partial charge in [-0.05, 0) is 50.8 Å². The van der Waals surface area contributed by atoms with E-state index in [1.165, 1.54) is 0 Å². The van der Waals surface area contributed by atoms with Gasteiger partial charge in [-0.25, -0.2) is 4.99 Å². The van der Waals surface area contributed by atoms with Crippen molar-refractivity contribution in [1.29, 1.82) is 0 Å². The molecule has 1 aromatic rings. The van der Waals surface area contributed by atoms with Crippen LogP contribution in [0, 0.1) is 11.8 Å². The number of ether oxygens (including phenoxy) is 1. The molecule has 7 heteroatoms. The topological polar surface area (TPSA) is 83.0 Å². The van der Waals surface area contributed by atoms with Crippen molar-refractivity contribution in [3.8, 4) is 0 Å². The number of carbonyl (C=O) groups is 2. The molecule has 2 N–H and O–H groups in total. The molecule has 2 rings (SSSR count). The molecule has 1 heterocycles. The molecule has 1 saturated heterocycles. The largest absolute Gasteiger partial charge is 0.466 e. The van der Waals surface area contributed by atoms with Crippen LogP contribution in [0.4, 0.5) is 5.69 Å². The fraction of sp³-hybridized carbons (Fsp3) is 0.609. The second-order valence-electron chi connectivity index (χ2n) is 7.71. The molecule has 0 spiro atoms. The van der Waals surface area contributed by atoms with Crippen molar-refractivity contribution in [2.75, 3.05) is 31.6 Å². The fourth-order valence-electron chi connectivity index (χ4n) is 3.41. The lowest BCUT2D eigenvalue weighted by atomic mass is 9.98. The van der Waals surface area contributed by atoms with Gasteiger partial charge in [0.15, 0.2) is 5.96 Å². The lowest BCUT2D eigenvalue weighted by Crippen LogP contribution is -2.48. The molecule has 0 radical (unpaired) electrons. The van der Waals surface area contributed by atoms with Crippen molar-refractivity contribution >= 4 is 23.5 Å². The van der Waals surface area contributed by atoms with E-state index in [2.05, 4.69) is 15.5 Å². The molecule has 0 bridgehead atoms. The Morgan fingerprint density at radius 2 is 2.10 bits per heavy atom. The Bertz CT molecular complexity index is 735. The molecule has 2 unspecified atom stereocenters. The van der Waals surface area contributed by atoms with Gasteiger partial charge in [0.1, 0.15) is 0 Å². The van der Waals surface area contributed by atoms with Crippen LogP contribution in [-0.2, 0) is 20.9 Å². The average Bonchev–Trinajstić information content (AvgIpc) is 2.76. The van der Waals surface area contributed by atoms with Crippen molar-refractivity contribution in [3.63, 3.8) is 0 Å². The maximum atomic E-state index is 12.2. The van der Waals surface area contributed by atoms with Crippen molar-refractivity contribution in [1.82, 2.24) is 10.2 Å². The summed E-state index contributed by atoms with van der Waals surface area (Å²) in [5, 5.41) is 6.31. The fourth-order valence-corrected chi connectivity index (χ4v) is 3.41. The van der Waals surface area contributed by atoms with Gasteiger partial charge in [0.25, 0.3) is 0 Å². The highest BCUT2D eigenvalue weighted by molar-refractivity contribution is 5.92. The van der Waals surface area contributed by atoms with E-state index in [4.69, 9.17) is 9.73 Å². The Hall–Kier alpha value is -2.57. The first kappa shape index (κ1) is 23.7. The van der Waals surface area contributed by atoms with Gasteiger partial charge in [-0.2, -0.15) is 0 Å². The molecular formula is C23H36N4O3. The zero-order valence-corrected chi connectivity index (χ0v) is 18.7. The number of hydrogen-bond acceptors (Lipinski definition) is 4. The number of anilines is 1. The summed E-state index contributed by atoms with van der Waals surface area (Å²) >= 11 is 0. The average molecular weight is 417 g/mol. The Kier molecular flexibility index (Phi) is 9.64. The molecule has 166 valence electrons. The lowest BCUT2D eigenvalue weighted by molar-refractivity contribution is -0.149. The van der Waals surface area contributed by atoms with Crippen LogP contribution in [0.5, 0.6) is 0 Å². The molecule has 7 nitrogen and oxygen atoms in total. The number of piperidine rings is 1. The first-order chi connectivity index (χ1) is 14.5. The summed E-state index contributed by atoms with van der Waals surface area (Å²) in [7, 11) is 0. The number of guanidine groups is 1. The Balaban J connectivity index is 2.06. The minimum Gasteiger partial charge on any atom is -0.466 e. The number of carbonyl (C=O) groups excluding carboxylic acids is 2. The number of hydrogen-bond donors (Lipinski definition) is 2. The number of aliphatic imine (C=N–C) groups is 1. The molecule has 1 amide bonds. The van der Waals surface area contributed by atoms with E-state index in [0.717, 1.165) is 49.6 Å². The molecular weight excluding hydrogens is 380 g/mol.